The van der Waals surface area contributed by atoms with E-state index in [2.05, 4.69) is 20.1 Å². The van der Waals surface area contributed by atoms with Gasteiger partial charge in [0.15, 0.2) is 17.7 Å². The highest BCUT2D eigenvalue weighted by atomic mass is 16.6. The molecule has 0 aromatic carbocycles. The van der Waals surface area contributed by atoms with Gasteiger partial charge in [0.05, 0.1) is 31.0 Å². The maximum absolute atomic E-state index is 10.9. The fourth-order valence-corrected chi connectivity index (χ4v) is 2.99. The van der Waals surface area contributed by atoms with Crippen LogP contribution in [-0.4, -0.2) is 83.0 Å². The van der Waals surface area contributed by atoms with E-state index in [9.17, 15) is 20.1 Å². The number of nitrogens with zero attached hydrogens (tertiary/aromatic N) is 7. The van der Waals surface area contributed by atoms with Crippen molar-refractivity contribution in [3.8, 4) is 5.95 Å². The molecule has 4 heterocycles. The second kappa shape index (κ2) is 6.79. The monoisotopic (exact) mass is 390 g/mol. The number of imidazole rings is 1. The highest BCUT2D eigenvalue weighted by Gasteiger charge is 2.44. The first-order valence-corrected chi connectivity index (χ1v) is 8.30. The minimum absolute atomic E-state index is 0.0753. The number of amides is 1. The van der Waals surface area contributed by atoms with E-state index in [-0.39, 0.29) is 22.9 Å². The number of nitrogens with two attached hydrogens (primary N) is 1. The molecule has 148 valence electrons. The number of hydrogen-bond donors (Lipinski definition) is 4. The first-order valence-electron chi connectivity index (χ1n) is 8.30. The summed E-state index contributed by atoms with van der Waals surface area (Å²) in [7, 11) is 1.57. The molecule has 0 aliphatic carbocycles. The van der Waals surface area contributed by atoms with Crippen LogP contribution in [0.1, 0.15) is 6.23 Å². The molecule has 0 spiro atoms. The van der Waals surface area contributed by atoms with Gasteiger partial charge < -0.3 is 30.7 Å². The maximum atomic E-state index is 10.9. The van der Waals surface area contributed by atoms with Crippen molar-refractivity contribution in [1.29, 1.82) is 0 Å². The number of carbonyl (C=O) groups excluding carboxylic acids is 1. The molecule has 1 saturated heterocycles. The number of nitrogen functional groups attached to an aromatic ring is 1. The average molecular weight is 390 g/mol. The van der Waals surface area contributed by atoms with Gasteiger partial charge in [-0.3, -0.25) is 9.36 Å². The predicted octanol–water partition coefficient (Wildman–Crippen LogP) is -2.20. The molecule has 0 bridgehead atoms. The van der Waals surface area contributed by atoms with Crippen LogP contribution in [0.4, 0.5) is 11.5 Å². The van der Waals surface area contributed by atoms with E-state index in [0.717, 1.165) is 0 Å². The smallest absolute Gasteiger partial charge is 0.254 e. The minimum Gasteiger partial charge on any atom is -0.394 e. The Morgan fingerprint density at radius 1 is 1.36 bits per heavy atom. The fourth-order valence-electron chi connectivity index (χ4n) is 2.99. The van der Waals surface area contributed by atoms with Crippen LogP contribution in [-0.2, 0) is 9.53 Å². The van der Waals surface area contributed by atoms with Crippen molar-refractivity contribution in [1.82, 2.24) is 29.3 Å². The summed E-state index contributed by atoms with van der Waals surface area (Å²) in [4.78, 5) is 24.9. The van der Waals surface area contributed by atoms with Gasteiger partial charge >= 0.3 is 0 Å². The van der Waals surface area contributed by atoms with Crippen molar-refractivity contribution >= 4 is 29.1 Å². The molecular weight excluding hydrogens is 372 g/mol. The molecule has 1 aliphatic heterocycles. The van der Waals surface area contributed by atoms with Crippen LogP contribution in [0.15, 0.2) is 18.7 Å². The molecule has 4 unspecified atom stereocenters. The number of hydrogen-bond acceptors (Lipinski definition) is 10. The zero-order valence-electron chi connectivity index (χ0n) is 14.7. The Kier molecular flexibility index (Phi) is 4.43. The number of aliphatic hydroxyl groups is 3. The van der Waals surface area contributed by atoms with Crippen molar-refractivity contribution in [3.05, 3.63) is 18.7 Å². The van der Waals surface area contributed by atoms with E-state index in [4.69, 9.17) is 10.5 Å². The van der Waals surface area contributed by atoms with E-state index in [1.54, 1.807) is 13.2 Å². The molecule has 1 amide bonds. The summed E-state index contributed by atoms with van der Waals surface area (Å²) < 4.78 is 8.27. The Hall–Kier alpha value is -3.13. The molecule has 3 aromatic heterocycles. The van der Waals surface area contributed by atoms with Crippen molar-refractivity contribution in [2.24, 2.45) is 0 Å². The molecular formula is C15H18N8O5. The number of carbonyl (C=O) groups is 1. The zero-order chi connectivity index (χ0) is 20.0. The van der Waals surface area contributed by atoms with Crippen LogP contribution in [0.2, 0.25) is 0 Å². The SMILES string of the molecule is CN(C=O)c1cnn(-c2nc(N)c3ncn(C4OC(CO)C(O)C4O)c3n2)c1. The Bertz CT molecular complexity index is 1020. The van der Waals surface area contributed by atoms with Gasteiger partial charge in [-0.05, 0) is 0 Å². The van der Waals surface area contributed by atoms with Crippen molar-refractivity contribution in [2.75, 3.05) is 24.3 Å². The third kappa shape index (κ3) is 2.77. The maximum Gasteiger partial charge on any atom is 0.254 e. The fraction of sp³-hybridized carbons (Fsp3) is 0.400. The summed E-state index contributed by atoms with van der Waals surface area (Å²) in [6.07, 6.45) is 0.470. The van der Waals surface area contributed by atoms with Crippen LogP contribution in [0, 0.1) is 0 Å². The van der Waals surface area contributed by atoms with E-state index in [0.29, 0.717) is 12.1 Å². The van der Waals surface area contributed by atoms with Gasteiger partial charge in [-0.25, -0.2) is 9.67 Å². The zero-order valence-corrected chi connectivity index (χ0v) is 14.7. The number of ether oxygens (including phenoxy) is 1. The topological polar surface area (TPSA) is 178 Å². The third-order valence-electron chi connectivity index (χ3n) is 4.57. The molecule has 5 N–H and O–H groups in total. The van der Waals surface area contributed by atoms with Gasteiger partial charge in [0.25, 0.3) is 5.95 Å². The number of rotatable bonds is 5. The van der Waals surface area contributed by atoms with E-state index in [1.807, 2.05) is 0 Å². The van der Waals surface area contributed by atoms with Gasteiger partial charge in [-0.15, -0.1) is 0 Å². The lowest BCUT2D eigenvalue weighted by Gasteiger charge is -2.16. The molecule has 1 aliphatic rings. The number of anilines is 2. The Morgan fingerprint density at radius 3 is 2.82 bits per heavy atom. The summed E-state index contributed by atoms with van der Waals surface area (Å²) in [5.41, 5.74) is 7.03. The Labute approximate surface area is 157 Å². The lowest BCUT2D eigenvalue weighted by Crippen LogP contribution is -2.33. The summed E-state index contributed by atoms with van der Waals surface area (Å²) in [5, 5.41) is 33.7. The molecule has 4 rings (SSSR count). The van der Waals surface area contributed by atoms with Gasteiger partial charge in [0, 0.05) is 7.05 Å². The summed E-state index contributed by atoms with van der Waals surface area (Å²) in [6, 6.07) is 0. The van der Waals surface area contributed by atoms with Crippen LogP contribution in [0.5, 0.6) is 0 Å². The van der Waals surface area contributed by atoms with Gasteiger partial charge in [0.1, 0.15) is 23.8 Å². The lowest BCUT2D eigenvalue weighted by atomic mass is 10.1. The van der Waals surface area contributed by atoms with Gasteiger partial charge in [0.2, 0.25) is 6.41 Å². The Balaban J connectivity index is 1.77. The highest BCUT2D eigenvalue weighted by molar-refractivity contribution is 5.82. The van der Waals surface area contributed by atoms with Crippen LogP contribution < -0.4 is 10.6 Å². The van der Waals surface area contributed by atoms with Crippen molar-refractivity contribution < 1.29 is 24.9 Å². The first-order chi connectivity index (χ1) is 13.4. The largest absolute Gasteiger partial charge is 0.394 e. The molecule has 4 atom stereocenters. The summed E-state index contributed by atoms with van der Waals surface area (Å²) in [6.45, 7) is -0.454. The number of fused-ring (bicyclic) bond motifs is 1. The van der Waals surface area contributed by atoms with Crippen LogP contribution >= 0.6 is 0 Å². The molecule has 1 fully saturated rings. The standard InChI is InChI=1S/C15H18N8O5/c1-21(6-25)7-2-18-23(3-7)15-19-12(16)9-13(20-15)22(5-17-9)14-11(27)10(26)8(4-24)28-14/h2-3,5-6,8,10-11,14,24,26-27H,4H2,1H3,(H2,16,19,20). The van der Waals surface area contributed by atoms with Crippen LogP contribution in [0.25, 0.3) is 17.1 Å². The average Bonchev–Trinajstić information content (AvgIpc) is 3.40. The van der Waals surface area contributed by atoms with E-state index >= 15 is 0 Å². The minimum atomic E-state index is -1.30. The molecule has 0 saturated carbocycles. The first kappa shape index (κ1) is 18.2. The molecule has 0 radical (unpaired) electrons. The second-order valence-electron chi connectivity index (χ2n) is 6.32. The number of aromatic nitrogens is 6. The van der Waals surface area contributed by atoms with Crippen LogP contribution in [0.3, 0.4) is 0 Å². The predicted molar refractivity (Wildman–Crippen MR) is 94.3 cm³/mol. The van der Waals surface area contributed by atoms with E-state index < -0.39 is 31.1 Å². The Morgan fingerprint density at radius 2 is 2.14 bits per heavy atom. The molecule has 13 heteroatoms. The highest BCUT2D eigenvalue weighted by Crippen LogP contribution is 2.32. The lowest BCUT2D eigenvalue weighted by molar-refractivity contribution is -0.107. The molecule has 13 nitrogen and oxygen atoms in total. The summed E-state index contributed by atoms with van der Waals surface area (Å²) in [5.74, 6) is 0.190. The third-order valence-corrected chi connectivity index (χ3v) is 4.57. The van der Waals surface area contributed by atoms with E-state index in [1.165, 1.54) is 26.7 Å². The molecule has 3 aromatic rings. The van der Waals surface area contributed by atoms with Crippen molar-refractivity contribution in [2.45, 2.75) is 24.5 Å². The quantitative estimate of drug-likeness (QED) is 0.349. The van der Waals surface area contributed by atoms with Crippen molar-refractivity contribution in [3.63, 3.8) is 0 Å². The number of aliphatic hydroxyl groups excluding tert-OH is 3. The normalized spacial score (nSPS) is 24.7. The van der Waals surface area contributed by atoms with Gasteiger partial charge in [-0.2, -0.15) is 15.1 Å². The second-order valence-corrected chi connectivity index (χ2v) is 6.32. The summed E-state index contributed by atoms with van der Waals surface area (Å²) >= 11 is 0. The molecule has 28 heavy (non-hydrogen) atoms. The van der Waals surface area contributed by atoms with Gasteiger partial charge in [-0.1, -0.05) is 0 Å².